The molecule has 0 unspecified atom stereocenters. The molecule has 9 heteroatoms. The van der Waals surface area contributed by atoms with Crippen LogP contribution < -0.4 is 10.6 Å². The van der Waals surface area contributed by atoms with E-state index in [0.29, 0.717) is 22.3 Å². The van der Waals surface area contributed by atoms with E-state index >= 15 is 0 Å². The SMILES string of the molecule is O=C(COCc1nnc(C(=O)Nc2cccc(Cl)c2)s1)NCCC1=CCCCC1. The van der Waals surface area contributed by atoms with Crippen molar-refractivity contribution in [3.63, 3.8) is 0 Å². The van der Waals surface area contributed by atoms with Gasteiger partial charge >= 0.3 is 0 Å². The molecule has 2 amide bonds. The molecule has 3 rings (SSSR count). The molecular weight excluding hydrogens is 412 g/mol. The van der Waals surface area contributed by atoms with E-state index in [1.807, 2.05) is 0 Å². The number of hydrogen-bond donors (Lipinski definition) is 2. The first-order valence-corrected chi connectivity index (χ1v) is 10.7. The van der Waals surface area contributed by atoms with Crippen LogP contribution in [0.15, 0.2) is 35.9 Å². The van der Waals surface area contributed by atoms with Crippen LogP contribution in [-0.2, 0) is 16.1 Å². The van der Waals surface area contributed by atoms with Crippen molar-refractivity contribution in [2.24, 2.45) is 0 Å². The van der Waals surface area contributed by atoms with Gasteiger partial charge in [-0.3, -0.25) is 9.59 Å². The van der Waals surface area contributed by atoms with Crippen molar-refractivity contribution in [1.82, 2.24) is 15.5 Å². The van der Waals surface area contributed by atoms with Gasteiger partial charge in [-0.15, -0.1) is 10.2 Å². The summed E-state index contributed by atoms with van der Waals surface area (Å²) in [6.07, 6.45) is 7.96. The Labute approximate surface area is 178 Å². The third-order valence-corrected chi connectivity index (χ3v) is 5.49. The number of hydrogen-bond acceptors (Lipinski definition) is 6. The van der Waals surface area contributed by atoms with E-state index < -0.39 is 0 Å². The lowest BCUT2D eigenvalue weighted by Gasteiger charge is -2.12. The van der Waals surface area contributed by atoms with Crippen LogP contribution in [0.25, 0.3) is 0 Å². The monoisotopic (exact) mass is 434 g/mol. The summed E-state index contributed by atoms with van der Waals surface area (Å²) in [5, 5.41) is 14.7. The van der Waals surface area contributed by atoms with Crippen molar-refractivity contribution in [2.75, 3.05) is 18.5 Å². The predicted molar refractivity (Wildman–Crippen MR) is 113 cm³/mol. The molecule has 1 aromatic carbocycles. The minimum atomic E-state index is -0.370. The summed E-state index contributed by atoms with van der Waals surface area (Å²) in [4.78, 5) is 24.1. The van der Waals surface area contributed by atoms with Crippen LogP contribution in [0.1, 0.15) is 46.9 Å². The molecule has 1 heterocycles. The molecule has 0 atom stereocenters. The van der Waals surface area contributed by atoms with Crippen molar-refractivity contribution in [1.29, 1.82) is 0 Å². The maximum Gasteiger partial charge on any atom is 0.286 e. The van der Waals surface area contributed by atoms with Crippen molar-refractivity contribution in [3.05, 3.63) is 51.0 Å². The summed E-state index contributed by atoms with van der Waals surface area (Å²) in [6.45, 7) is 0.698. The van der Waals surface area contributed by atoms with Crippen LogP contribution in [0.5, 0.6) is 0 Å². The second-order valence-electron chi connectivity index (χ2n) is 6.67. The van der Waals surface area contributed by atoms with Crippen LogP contribution in [-0.4, -0.2) is 35.2 Å². The number of benzene rings is 1. The Morgan fingerprint density at radius 3 is 2.93 bits per heavy atom. The van der Waals surface area contributed by atoms with Crippen LogP contribution in [0.4, 0.5) is 5.69 Å². The minimum Gasteiger partial charge on any atom is -0.364 e. The largest absolute Gasteiger partial charge is 0.364 e. The molecule has 0 aliphatic heterocycles. The number of halogens is 1. The Kier molecular flexibility index (Phi) is 8.15. The Morgan fingerprint density at radius 1 is 1.24 bits per heavy atom. The molecular formula is C20H23ClN4O3S. The molecule has 2 N–H and O–H groups in total. The van der Waals surface area contributed by atoms with E-state index in [2.05, 4.69) is 26.9 Å². The fraction of sp³-hybridized carbons (Fsp3) is 0.400. The van der Waals surface area contributed by atoms with Gasteiger partial charge in [-0.1, -0.05) is 40.7 Å². The Hall–Kier alpha value is -2.29. The highest BCUT2D eigenvalue weighted by Crippen LogP contribution is 2.19. The first kappa shape index (κ1) is 21.4. The third kappa shape index (κ3) is 7.23. The molecule has 0 bridgehead atoms. The zero-order valence-corrected chi connectivity index (χ0v) is 17.5. The van der Waals surface area contributed by atoms with Crippen LogP contribution in [0.2, 0.25) is 5.02 Å². The van der Waals surface area contributed by atoms with Crippen LogP contribution in [0.3, 0.4) is 0 Å². The zero-order chi connectivity index (χ0) is 20.5. The lowest BCUT2D eigenvalue weighted by Crippen LogP contribution is -2.28. The van der Waals surface area contributed by atoms with E-state index in [4.69, 9.17) is 16.3 Å². The van der Waals surface area contributed by atoms with Gasteiger partial charge in [0.1, 0.15) is 18.2 Å². The van der Waals surface area contributed by atoms with Gasteiger partial charge in [-0.25, -0.2) is 0 Å². The average molecular weight is 435 g/mol. The second-order valence-corrected chi connectivity index (χ2v) is 8.16. The lowest BCUT2D eigenvalue weighted by molar-refractivity contribution is -0.126. The van der Waals surface area contributed by atoms with E-state index in [1.165, 1.54) is 18.4 Å². The zero-order valence-electron chi connectivity index (χ0n) is 15.9. The molecule has 0 saturated heterocycles. The fourth-order valence-electron chi connectivity index (χ4n) is 2.93. The maximum absolute atomic E-state index is 12.2. The number of allylic oxidation sites excluding steroid dienone is 1. The molecule has 154 valence electrons. The molecule has 0 radical (unpaired) electrons. The average Bonchev–Trinajstić information content (AvgIpc) is 3.18. The van der Waals surface area contributed by atoms with E-state index in [-0.39, 0.29) is 30.0 Å². The Balaban J connectivity index is 1.36. The quantitative estimate of drug-likeness (QED) is 0.582. The van der Waals surface area contributed by atoms with Gasteiger partial charge in [0.15, 0.2) is 0 Å². The first-order chi connectivity index (χ1) is 14.1. The number of carbonyl (C=O) groups is 2. The number of carbonyl (C=O) groups excluding carboxylic acids is 2. The second kappa shape index (κ2) is 11.0. The predicted octanol–water partition coefficient (Wildman–Crippen LogP) is 3.97. The number of rotatable bonds is 9. The van der Waals surface area contributed by atoms with E-state index in [9.17, 15) is 9.59 Å². The van der Waals surface area contributed by atoms with Gasteiger partial charge in [0.2, 0.25) is 10.9 Å². The smallest absolute Gasteiger partial charge is 0.286 e. The van der Waals surface area contributed by atoms with Gasteiger partial charge in [0, 0.05) is 17.3 Å². The van der Waals surface area contributed by atoms with E-state index in [0.717, 1.165) is 30.6 Å². The highest BCUT2D eigenvalue weighted by atomic mass is 35.5. The number of anilines is 1. The number of amides is 2. The standard InChI is InChI=1S/C20H23ClN4O3S/c21-15-7-4-8-16(11-15)23-19(27)20-25-24-18(29-20)13-28-12-17(26)22-10-9-14-5-2-1-3-6-14/h4-5,7-8,11H,1-3,6,9-10,12-13H2,(H,22,26)(H,23,27). The number of aromatic nitrogens is 2. The lowest BCUT2D eigenvalue weighted by atomic mass is 9.97. The summed E-state index contributed by atoms with van der Waals surface area (Å²) in [6, 6.07) is 6.85. The van der Waals surface area contributed by atoms with Gasteiger partial charge in [-0.05, 0) is 50.3 Å². The van der Waals surface area contributed by atoms with Gasteiger partial charge < -0.3 is 15.4 Å². The third-order valence-electron chi connectivity index (χ3n) is 4.36. The molecule has 1 aliphatic rings. The van der Waals surface area contributed by atoms with Gasteiger partial charge in [0.05, 0.1) is 0 Å². The molecule has 1 aromatic heterocycles. The van der Waals surface area contributed by atoms with Gasteiger partial charge in [-0.2, -0.15) is 0 Å². The Bertz CT molecular complexity index is 884. The molecule has 0 saturated carbocycles. The van der Waals surface area contributed by atoms with E-state index in [1.54, 1.807) is 24.3 Å². The summed E-state index contributed by atoms with van der Waals surface area (Å²) < 4.78 is 5.38. The van der Waals surface area contributed by atoms with Crippen molar-refractivity contribution in [2.45, 2.75) is 38.7 Å². The summed E-state index contributed by atoms with van der Waals surface area (Å²) >= 11 is 7.03. The normalized spacial score (nSPS) is 13.6. The number of ether oxygens (including phenoxy) is 1. The van der Waals surface area contributed by atoms with Crippen LogP contribution in [0, 0.1) is 0 Å². The maximum atomic E-state index is 12.2. The summed E-state index contributed by atoms with van der Waals surface area (Å²) in [5.41, 5.74) is 2.01. The summed E-state index contributed by atoms with van der Waals surface area (Å²) in [7, 11) is 0. The molecule has 0 fully saturated rings. The topological polar surface area (TPSA) is 93.2 Å². The molecule has 1 aliphatic carbocycles. The minimum absolute atomic E-state index is 0.0529. The summed E-state index contributed by atoms with van der Waals surface area (Å²) in [5.74, 6) is -0.532. The van der Waals surface area contributed by atoms with Crippen molar-refractivity contribution in [3.8, 4) is 0 Å². The van der Waals surface area contributed by atoms with Crippen molar-refractivity contribution >= 4 is 40.4 Å². The van der Waals surface area contributed by atoms with Crippen molar-refractivity contribution < 1.29 is 14.3 Å². The Morgan fingerprint density at radius 2 is 2.14 bits per heavy atom. The highest BCUT2D eigenvalue weighted by Gasteiger charge is 2.14. The highest BCUT2D eigenvalue weighted by molar-refractivity contribution is 7.13. The number of nitrogens with one attached hydrogen (secondary N) is 2. The fourth-order valence-corrected chi connectivity index (χ4v) is 3.79. The molecule has 7 nitrogen and oxygen atoms in total. The first-order valence-electron chi connectivity index (χ1n) is 9.52. The van der Waals surface area contributed by atoms with Crippen LogP contribution >= 0.6 is 22.9 Å². The molecule has 2 aromatic rings. The van der Waals surface area contributed by atoms with Gasteiger partial charge in [0.25, 0.3) is 5.91 Å². The number of nitrogens with zero attached hydrogens (tertiary/aromatic N) is 2. The molecule has 0 spiro atoms. The molecule has 29 heavy (non-hydrogen) atoms.